The number of rotatable bonds is 7. The molecule has 0 atom stereocenters. The molecule has 5 nitrogen and oxygen atoms in total. The van der Waals surface area contributed by atoms with Gasteiger partial charge in [-0.2, -0.15) is 0 Å². The molecule has 0 fully saturated rings. The molecule has 0 spiro atoms. The van der Waals surface area contributed by atoms with Gasteiger partial charge in [0.25, 0.3) is 5.91 Å². The van der Waals surface area contributed by atoms with Gasteiger partial charge in [0.05, 0.1) is 14.2 Å². The van der Waals surface area contributed by atoms with Gasteiger partial charge in [-0.25, -0.2) is 0 Å². The predicted molar refractivity (Wildman–Crippen MR) is 88.1 cm³/mol. The van der Waals surface area contributed by atoms with E-state index in [0.29, 0.717) is 23.8 Å². The molecular formula is C18H21NO4. The van der Waals surface area contributed by atoms with Crippen molar-refractivity contribution in [1.29, 1.82) is 0 Å². The Balaban J connectivity index is 1.83. The van der Waals surface area contributed by atoms with Crippen molar-refractivity contribution in [3.05, 3.63) is 53.6 Å². The summed E-state index contributed by atoms with van der Waals surface area (Å²) in [6.45, 7) is 2.38. The van der Waals surface area contributed by atoms with E-state index < -0.39 is 0 Å². The van der Waals surface area contributed by atoms with Crippen LogP contribution in [-0.4, -0.2) is 26.7 Å². The van der Waals surface area contributed by atoms with Crippen LogP contribution in [0.25, 0.3) is 0 Å². The van der Waals surface area contributed by atoms with Crippen LogP contribution in [0.2, 0.25) is 0 Å². The number of ether oxygens (including phenoxy) is 3. The summed E-state index contributed by atoms with van der Waals surface area (Å²) in [5.74, 6) is 1.79. The summed E-state index contributed by atoms with van der Waals surface area (Å²) in [7, 11) is 3.16. The lowest BCUT2D eigenvalue weighted by atomic mass is 10.2. The molecule has 122 valence electrons. The molecule has 2 aromatic carbocycles. The second kappa shape index (κ2) is 8.08. The molecule has 0 aliphatic rings. The zero-order valence-electron chi connectivity index (χ0n) is 13.6. The summed E-state index contributed by atoms with van der Waals surface area (Å²) in [4.78, 5) is 11.8. The van der Waals surface area contributed by atoms with Gasteiger partial charge in [0.15, 0.2) is 18.1 Å². The van der Waals surface area contributed by atoms with Crippen LogP contribution in [0.3, 0.4) is 0 Å². The summed E-state index contributed by atoms with van der Waals surface area (Å²) >= 11 is 0. The van der Waals surface area contributed by atoms with E-state index in [1.165, 1.54) is 0 Å². The van der Waals surface area contributed by atoms with Crippen molar-refractivity contribution in [2.75, 3.05) is 20.8 Å². The fraction of sp³-hybridized carbons (Fsp3) is 0.278. The van der Waals surface area contributed by atoms with E-state index in [2.05, 4.69) is 5.32 Å². The normalized spacial score (nSPS) is 10.0. The van der Waals surface area contributed by atoms with Gasteiger partial charge < -0.3 is 19.5 Å². The van der Waals surface area contributed by atoms with E-state index in [1.54, 1.807) is 14.2 Å². The van der Waals surface area contributed by atoms with Crippen molar-refractivity contribution < 1.29 is 19.0 Å². The zero-order chi connectivity index (χ0) is 16.7. The zero-order valence-corrected chi connectivity index (χ0v) is 13.6. The Labute approximate surface area is 136 Å². The maximum absolute atomic E-state index is 11.8. The van der Waals surface area contributed by atoms with Crippen LogP contribution in [0, 0.1) is 6.92 Å². The Hall–Kier alpha value is -2.69. The lowest BCUT2D eigenvalue weighted by molar-refractivity contribution is -0.123. The first-order valence-corrected chi connectivity index (χ1v) is 7.29. The first-order chi connectivity index (χ1) is 11.1. The molecule has 0 aromatic heterocycles. The second-order valence-electron chi connectivity index (χ2n) is 5.07. The maximum Gasteiger partial charge on any atom is 0.258 e. The summed E-state index contributed by atoms with van der Waals surface area (Å²) in [5.41, 5.74) is 2.07. The molecule has 0 saturated heterocycles. The molecule has 0 unspecified atom stereocenters. The number of aryl methyl sites for hydroxylation is 1. The third-order valence-corrected chi connectivity index (χ3v) is 3.33. The number of benzene rings is 2. The molecule has 0 saturated carbocycles. The van der Waals surface area contributed by atoms with Crippen molar-refractivity contribution in [2.24, 2.45) is 0 Å². The van der Waals surface area contributed by atoms with Crippen molar-refractivity contribution in [2.45, 2.75) is 13.5 Å². The van der Waals surface area contributed by atoms with E-state index >= 15 is 0 Å². The van der Waals surface area contributed by atoms with Gasteiger partial charge in [-0.1, -0.05) is 23.8 Å². The van der Waals surface area contributed by atoms with Crippen LogP contribution in [0.4, 0.5) is 0 Å². The summed E-state index contributed by atoms with van der Waals surface area (Å²) in [6.07, 6.45) is 0. The standard InChI is InChI=1S/C18H21NO4/c1-13-4-7-15(8-5-13)23-12-18(20)19-11-14-6-9-16(21-2)17(10-14)22-3/h4-10H,11-12H2,1-3H3,(H,19,20). The number of methoxy groups -OCH3 is 2. The molecule has 23 heavy (non-hydrogen) atoms. The molecule has 2 aromatic rings. The van der Waals surface area contributed by atoms with Crippen LogP contribution in [0.5, 0.6) is 17.2 Å². The van der Waals surface area contributed by atoms with Gasteiger partial charge in [0, 0.05) is 6.54 Å². The molecule has 1 N–H and O–H groups in total. The smallest absolute Gasteiger partial charge is 0.258 e. The fourth-order valence-electron chi connectivity index (χ4n) is 2.03. The molecule has 1 amide bonds. The Morgan fingerprint density at radius 1 is 1.00 bits per heavy atom. The van der Waals surface area contributed by atoms with Crippen LogP contribution >= 0.6 is 0 Å². The molecule has 0 heterocycles. The van der Waals surface area contributed by atoms with Gasteiger partial charge in [-0.05, 0) is 36.8 Å². The number of carbonyl (C=O) groups is 1. The highest BCUT2D eigenvalue weighted by molar-refractivity contribution is 5.77. The van der Waals surface area contributed by atoms with Gasteiger partial charge in [-0.3, -0.25) is 4.79 Å². The maximum atomic E-state index is 11.8. The van der Waals surface area contributed by atoms with Crippen LogP contribution in [0.15, 0.2) is 42.5 Å². The highest BCUT2D eigenvalue weighted by Gasteiger charge is 2.07. The lowest BCUT2D eigenvalue weighted by Gasteiger charge is -2.11. The average Bonchev–Trinajstić information content (AvgIpc) is 2.59. The molecule has 0 bridgehead atoms. The quantitative estimate of drug-likeness (QED) is 0.853. The minimum Gasteiger partial charge on any atom is -0.493 e. The minimum absolute atomic E-state index is 0.0175. The molecular weight excluding hydrogens is 294 g/mol. The fourth-order valence-corrected chi connectivity index (χ4v) is 2.03. The number of carbonyl (C=O) groups excluding carboxylic acids is 1. The number of hydrogen-bond donors (Lipinski definition) is 1. The van der Waals surface area contributed by atoms with E-state index in [9.17, 15) is 4.79 Å². The second-order valence-corrected chi connectivity index (χ2v) is 5.07. The van der Waals surface area contributed by atoms with E-state index in [-0.39, 0.29) is 12.5 Å². The Bertz CT molecular complexity index is 653. The van der Waals surface area contributed by atoms with Gasteiger partial charge in [0.2, 0.25) is 0 Å². The molecule has 2 rings (SSSR count). The summed E-state index contributed by atoms with van der Waals surface area (Å²) < 4.78 is 15.9. The van der Waals surface area contributed by atoms with E-state index in [0.717, 1.165) is 11.1 Å². The van der Waals surface area contributed by atoms with Crippen LogP contribution < -0.4 is 19.5 Å². The first kappa shape index (κ1) is 16.7. The van der Waals surface area contributed by atoms with Gasteiger partial charge in [0.1, 0.15) is 5.75 Å². The summed E-state index contributed by atoms with van der Waals surface area (Å²) in [5, 5.41) is 2.81. The third kappa shape index (κ3) is 4.92. The van der Waals surface area contributed by atoms with Gasteiger partial charge >= 0.3 is 0 Å². The molecule has 5 heteroatoms. The van der Waals surface area contributed by atoms with Crippen molar-refractivity contribution >= 4 is 5.91 Å². The highest BCUT2D eigenvalue weighted by Crippen LogP contribution is 2.27. The largest absolute Gasteiger partial charge is 0.493 e. The van der Waals surface area contributed by atoms with Crippen molar-refractivity contribution in [3.8, 4) is 17.2 Å². The number of hydrogen-bond acceptors (Lipinski definition) is 4. The van der Waals surface area contributed by atoms with Crippen molar-refractivity contribution in [1.82, 2.24) is 5.32 Å². The van der Waals surface area contributed by atoms with Crippen molar-refractivity contribution in [3.63, 3.8) is 0 Å². The average molecular weight is 315 g/mol. The highest BCUT2D eigenvalue weighted by atomic mass is 16.5. The number of nitrogens with one attached hydrogen (secondary N) is 1. The molecule has 0 aliphatic heterocycles. The van der Waals surface area contributed by atoms with E-state index in [1.807, 2.05) is 49.4 Å². The minimum atomic E-state index is -0.180. The topological polar surface area (TPSA) is 56.8 Å². The van der Waals surface area contributed by atoms with E-state index in [4.69, 9.17) is 14.2 Å². The summed E-state index contributed by atoms with van der Waals surface area (Å²) in [6, 6.07) is 13.1. The number of amides is 1. The Morgan fingerprint density at radius 2 is 1.70 bits per heavy atom. The molecule has 0 aliphatic carbocycles. The predicted octanol–water partition coefficient (Wildman–Crippen LogP) is 2.71. The lowest BCUT2D eigenvalue weighted by Crippen LogP contribution is -2.28. The Morgan fingerprint density at radius 3 is 2.35 bits per heavy atom. The monoisotopic (exact) mass is 315 g/mol. The SMILES string of the molecule is COc1ccc(CNC(=O)COc2ccc(C)cc2)cc1OC. The molecule has 0 radical (unpaired) electrons. The third-order valence-electron chi connectivity index (χ3n) is 3.33. The van der Waals surface area contributed by atoms with Gasteiger partial charge in [-0.15, -0.1) is 0 Å². The Kier molecular flexibility index (Phi) is 5.86. The van der Waals surface area contributed by atoms with Crippen LogP contribution in [-0.2, 0) is 11.3 Å². The first-order valence-electron chi connectivity index (χ1n) is 7.29. The van der Waals surface area contributed by atoms with Crippen LogP contribution in [0.1, 0.15) is 11.1 Å².